The molecule has 0 aliphatic rings. The van der Waals surface area contributed by atoms with E-state index in [1.165, 1.54) is 6.21 Å². The molecule has 0 aliphatic carbocycles. The summed E-state index contributed by atoms with van der Waals surface area (Å²) in [5.41, 5.74) is 0. The van der Waals surface area contributed by atoms with Crippen molar-refractivity contribution in [1.82, 2.24) is 0 Å². The molecule has 0 aromatic rings. The van der Waals surface area contributed by atoms with Crippen LogP contribution < -0.4 is 0 Å². The second-order valence-corrected chi connectivity index (χ2v) is 3.02. The fraction of sp³-hybridized carbons (Fsp3) is 0.667. The highest BCUT2D eigenvalue weighted by molar-refractivity contribution is 5.74. The Morgan fingerprint density at radius 2 is 2.27 bits per heavy atom. The fourth-order valence-corrected chi connectivity index (χ4v) is 0.754. The van der Waals surface area contributed by atoms with Crippen LogP contribution in [-0.2, 0) is 0 Å². The SMILES string of the molecule is C=C(F)C=NCCCC(C)C. The van der Waals surface area contributed by atoms with Gasteiger partial charge in [0.15, 0.2) is 0 Å². The molecule has 11 heavy (non-hydrogen) atoms. The molecule has 2 heteroatoms. The van der Waals surface area contributed by atoms with Gasteiger partial charge in [-0.15, -0.1) is 0 Å². The number of rotatable bonds is 5. The Hall–Kier alpha value is -0.660. The summed E-state index contributed by atoms with van der Waals surface area (Å²) in [6, 6.07) is 0. The quantitative estimate of drug-likeness (QED) is 0.429. The highest BCUT2D eigenvalue weighted by atomic mass is 19.1. The lowest BCUT2D eigenvalue weighted by Gasteiger charge is -1.99. The van der Waals surface area contributed by atoms with Crippen LogP contribution in [0.15, 0.2) is 17.4 Å². The molecular weight excluding hydrogens is 141 g/mol. The van der Waals surface area contributed by atoms with Gasteiger partial charge in [0, 0.05) is 6.54 Å². The van der Waals surface area contributed by atoms with E-state index in [4.69, 9.17) is 0 Å². The monoisotopic (exact) mass is 157 g/mol. The first-order valence-corrected chi connectivity index (χ1v) is 3.97. The smallest absolute Gasteiger partial charge is 0.133 e. The summed E-state index contributed by atoms with van der Waals surface area (Å²) >= 11 is 0. The van der Waals surface area contributed by atoms with Crippen molar-refractivity contribution in [3.63, 3.8) is 0 Å². The third-order valence-corrected chi connectivity index (χ3v) is 1.30. The Kier molecular flexibility index (Phi) is 5.71. The van der Waals surface area contributed by atoms with Gasteiger partial charge in [-0.1, -0.05) is 20.4 Å². The molecule has 0 aromatic carbocycles. The average molecular weight is 157 g/mol. The van der Waals surface area contributed by atoms with Crippen LogP contribution >= 0.6 is 0 Å². The van der Waals surface area contributed by atoms with Crippen molar-refractivity contribution in [1.29, 1.82) is 0 Å². The number of allylic oxidation sites excluding steroid dienone is 1. The Labute approximate surface area is 68.0 Å². The summed E-state index contributed by atoms with van der Waals surface area (Å²) in [6.07, 6.45) is 3.36. The Bertz CT molecular complexity index is 138. The first-order chi connectivity index (χ1) is 5.13. The molecule has 0 bridgehead atoms. The Morgan fingerprint density at radius 3 is 2.73 bits per heavy atom. The minimum Gasteiger partial charge on any atom is -0.290 e. The molecule has 0 saturated heterocycles. The minimum atomic E-state index is -0.463. The maximum Gasteiger partial charge on any atom is 0.133 e. The lowest BCUT2D eigenvalue weighted by molar-refractivity contribution is 0.561. The molecule has 64 valence electrons. The molecule has 0 atom stereocenters. The van der Waals surface area contributed by atoms with Crippen LogP contribution in [0.4, 0.5) is 4.39 Å². The molecule has 0 amide bonds. The molecule has 0 aliphatic heterocycles. The predicted molar refractivity (Wildman–Crippen MR) is 47.7 cm³/mol. The maximum absolute atomic E-state index is 11.9. The van der Waals surface area contributed by atoms with Crippen molar-refractivity contribution >= 4 is 6.21 Å². The van der Waals surface area contributed by atoms with E-state index in [-0.39, 0.29) is 0 Å². The van der Waals surface area contributed by atoms with E-state index in [1.54, 1.807) is 0 Å². The summed E-state index contributed by atoms with van der Waals surface area (Å²) in [7, 11) is 0. The van der Waals surface area contributed by atoms with Crippen LogP contribution in [0.5, 0.6) is 0 Å². The first-order valence-electron chi connectivity index (χ1n) is 3.97. The highest BCUT2D eigenvalue weighted by Crippen LogP contribution is 2.02. The fourth-order valence-electron chi connectivity index (χ4n) is 0.754. The molecule has 0 heterocycles. The van der Waals surface area contributed by atoms with Gasteiger partial charge in [-0.3, -0.25) is 4.99 Å². The molecular formula is C9H16FN. The van der Waals surface area contributed by atoms with E-state index < -0.39 is 5.83 Å². The molecule has 0 rings (SSSR count). The van der Waals surface area contributed by atoms with Gasteiger partial charge in [-0.2, -0.15) is 0 Å². The Balaban J connectivity index is 3.21. The number of nitrogens with zero attached hydrogens (tertiary/aromatic N) is 1. The van der Waals surface area contributed by atoms with Crippen LogP contribution in [0.25, 0.3) is 0 Å². The zero-order valence-corrected chi connectivity index (χ0v) is 7.31. The first kappa shape index (κ1) is 10.3. The van der Waals surface area contributed by atoms with Gasteiger partial charge in [0.25, 0.3) is 0 Å². The molecule has 0 spiro atoms. The number of hydrogen-bond donors (Lipinski definition) is 0. The van der Waals surface area contributed by atoms with Gasteiger partial charge in [-0.25, -0.2) is 4.39 Å². The van der Waals surface area contributed by atoms with Crippen LogP contribution in [0, 0.1) is 5.92 Å². The molecule has 0 N–H and O–H groups in total. The zero-order chi connectivity index (χ0) is 8.69. The number of halogens is 1. The van der Waals surface area contributed by atoms with E-state index in [9.17, 15) is 4.39 Å². The Morgan fingerprint density at radius 1 is 1.64 bits per heavy atom. The van der Waals surface area contributed by atoms with Crippen LogP contribution in [0.1, 0.15) is 26.7 Å². The topological polar surface area (TPSA) is 12.4 Å². The van der Waals surface area contributed by atoms with Gasteiger partial charge in [0.1, 0.15) is 5.83 Å². The molecule has 1 nitrogen and oxygen atoms in total. The van der Waals surface area contributed by atoms with Crippen molar-refractivity contribution < 1.29 is 4.39 Å². The largest absolute Gasteiger partial charge is 0.290 e. The molecule has 0 saturated carbocycles. The van der Waals surface area contributed by atoms with Crippen molar-refractivity contribution in [2.45, 2.75) is 26.7 Å². The van der Waals surface area contributed by atoms with Gasteiger partial charge >= 0.3 is 0 Å². The summed E-state index contributed by atoms with van der Waals surface area (Å²) in [4.78, 5) is 3.84. The third-order valence-electron chi connectivity index (χ3n) is 1.30. The molecule has 0 radical (unpaired) electrons. The van der Waals surface area contributed by atoms with Gasteiger partial charge in [0.2, 0.25) is 0 Å². The van der Waals surface area contributed by atoms with Crippen LogP contribution in [0.2, 0.25) is 0 Å². The van der Waals surface area contributed by atoms with Crippen LogP contribution in [-0.4, -0.2) is 12.8 Å². The van der Waals surface area contributed by atoms with E-state index >= 15 is 0 Å². The number of aliphatic imine (C=N–C) groups is 1. The van der Waals surface area contributed by atoms with Crippen molar-refractivity contribution in [3.8, 4) is 0 Å². The molecule has 0 aromatic heterocycles. The summed E-state index contributed by atoms with van der Waals surface area (Å²) in [6.45, 7) is 8.11. The molecule has 0 unspecified atom stereocenters. The van der Waals surface area contributed by atoms with Crippen molar-refractivity contribution in [3.05, 3.63) is 12.4 Å². The maximum atomic E-state index is 11.9. The normalized spacial score (nSPS) is 11.3. The van der Waals surface area contributed by atoms with E-state index in [0.717, 1.165) is 12.8 Å². The standard InChI is InChI=1S/C9H16FN/c1-8(2)5-4-6-11-7-9(3)10/h7-8H,3-6H2,1-2H3. The van der Waals surface area contributed by atoms with E-state index in [0.29, 0.717) is 12.5 Å². The van der Waals surface area contributed by atoms with Crippen LogP contribution in [0.3, 0.4) is 0 Å². The second-order valence-electron chi connectivity index (χ2n) is 3.02. The highest BCUT2D eigenvalue weighted by Gasteiger charge is 1.91. The molecule has 0 fully saturated rings. The summed E-state index contributed by atoms with van der Waals surface area (Å²) < 4.78 is 11.9. The lowest BCUT2D eigenvalue weighted by Crippen LogP contribution is -1.89. The van der Waals surface area contributed by atoms with Crippen molar-refractivity contribution in [2.75, 3.05) is 6.54 Å². The third kappa shape index (κ3) is 9.34. The van der Waals surface area contributed by atoms with Crippen molar-refractivity contribution in [2.24, 2.45) is 10.9 Å². The zero-order valence-electron chi connectivity index (χ0n) is 7.31. The number of hydrogen-bond acceptors (Lipinski definition) is 1. The second kappa shape index (κ2) is 6.08. The van der Waals surface area contributed by atoms with Gasteiger partial charge < -0.3 is 0 Å². The summed E-state index contributed by atoms with van der Waals surface area (Å²) in [5.74, 6) is 0.244. The average Bonchev–Trinajstić information content (AvgIpc) is 1.85. The van der Waals surface area contributed by atoms with Gasteiger partial charge in [-0.05, 0) is 18.8 Å². The van der Waals surface area contributed by atoms with E-state index in [2.05, 4.69) is 25.4 Å². The summed E-state index contributed by atoms with van der Waals surface area (Å²) in [5, 5.41) is 0. The van der Waals surface area contributed by atoms with Gasteiger partial charge in [0.05, 0.1) is 6.21 Å². The van der Waals surface area contributed by atoms with E-state index in [1.807, 2.05) is 0 Å². The predicted octanol–water partition coefficient (Wildman–Crippen LogP) is 2.98. The minimum absolute atomic E-state index is 0.463. The lowest BCUT2D eigenvalue weighted by atomic mass is 10.1.